The van der Waals surface area contributed by atoms with Gasteiger partial charge in [-0.05, 0) is 37.3 Å². The second-order valence-electron chi connectivity index (χ2n) is 5.62. The first-order valence-corrected chi connectivity index (χ1v) is 9.38. The zero-order chi connectivity index (χ0) is 19.9. The van der Waals surface area contributed by atoms with Crippen LogP contribution in [0.5, 0.6) is 5.75 Å². The molecule has 0 saturated carbocycles. The van der Waals surface area contributed by atoms with E-state index in [4.69, 9.17) is 26.0 Å². The largest absolute Gasteiger partial charge is 0.495 e. The molecule has 0 fully saturated rings. The number of primary sulfonamides is 1. The number of aromatic nitrogens is 1. The molecule has 6 nitrogen and oxygen atoms in total. The molecule has 0 saturated heterocycles. The molecule has 0 radical (unpaired) electrons. The monoisotopic (exact) mass is 414 g/mol. The van der Waals surface area contributed by atoms with Crippen molar-refractivity contribution in [2.24, 2.45) is 5.14 Å². The number of rotatable bonds is 4. The van der Waals surface area contributed by atoms with Gasteiger partial charge in [-0.1, -0.05) is 16.8 Å². The fourth-order valence-electron chi connectivity index (χ4n) is 2.64. The first-order valence-electron chi connectivity index (χ1n) is 7.46. The van der Waals surface area contributed by atoms with Gasteiger partial charge in [-0.15, -0.1) is 0 Å². The van der Waals surface area contributed by atoms with E-state index in [9.17, 15) is 17.2 Å². The number of hydrogen-bond acceptors (Lipinski definition) is 5. The van der Waals surface area contributed by atoms with E-state index in [-0.39, 0.29) is 27.6 Å². The Labute approximate surface area is 158 Å². The van der Waals surface area contributed by atoms with Gasteiger partial charge in [0.1, 0.15) is 33.7 Å². The van der Waals surface area contributed by atoms with E-state index < -0.39 is 26.6 Å². The van der Waals surface area contributed by atoms with Crippen LogP contribution in [-0.2, 0) is 10.0 Å². The first kappa shape index (κ1) is 19.3. The van der Waals surface area contributed by atoms with Crippen molar-refractivity contribution in [3.63, 3.8) is 0 Å². The minimum Gasteiger partial charge on any atom is -0.495 e. The Bertz CT molecular complexity index is 1150. The zero-order valence-electron chi connectivity index (χ0n) is 14.1. The van der Waals surface area contributed by atoms with Crippen LogP contribution in [-0.4, -0.2) is 20.7 Å². The van der Waals surface area contributed by atoms with E-state index in [1.54, 1.807) is 12.1 Å². The highest BCUT2D eigenvalue weighted by Gasteiger charge is 2.24. The van der Waals surface area contributed by atoms with Gasteiger partial charge in [0, 0.05) is 11.1 Å². The molecule has 1 aromatic heterocycles. The van der Waals surface area contributed by atoms with E-state index in [1.807, 2.05) is 0 Å². The smallest absolute Gasteiger partial charge is 0.241 e. The van der Waals surface area contributed by atoms with Crippen LogP contribution in [0.25, 0.3) is 22.4 Å². The van der Waals surface area contributed by atoms with Crippen molar-refractivity contribution in [1.29, 1.82) is 0 Å². The lowest BCUT2D eigenvalue weighted by molar-refractivity contribution is 0.400. The summed E-state index contributed by atoms with van der Waals surface area (Å²) in [6, 6.07) is 6.01. The van der Waals surface area contributed by atoms with Crippen molar-refractivity contribution >= 4 is 21.6 Å². The Balaban J connectivity index is 2.22. The van der Waals surface area contributed by atoms with Gasteiger partial charge in [0.05, 0.1) is 17.7 Å². The number of nitrogens with zero attached hydrogens (tertiary/aromatic N) is 1. The lowest BCUT2D eigenvalue weighted by atomic mass is 9.99. The van der Waals surface area contributed by atoms with Crippen molar-refractivity contribution in [2.45, 2.75) is 11.8 Å². The van der Waals surface area contributed by atoms with Crippen LogP contribution >= 0.6 is 11.6 Å². The normalized spacial score (nSPS) is 11.6. The Hall–Kier alpha value is -2.49. The summed E-state index contributed by atoms with van der Waals surface area (Å²) in [4.78, 5) is -0.938. The van der Waals surface area contributed by atoms with E-state index in [0.29, 0.717) is 17.4 Å². The Morgan fingerprint density at radius 2 is 1.89 bits per heavy atom. The molecule has 27 heavy (non-hydrogen) atoms. The maximum atomic E-state index is 14.6. The van der Waals surface area contributed by atoms with Crippen molar-refractivity contribution < 1.29 is 26.5 Å². The molecule has 3 aromatic rings. The topological polar surface area (TPSA) is 95.4 Å². The van der Waals surface area contributed by atoms with Gasteiger partial charge < -0.3 is 9.26 Å². The minimum absolute atomic E-state index is 0.161. The number of hydrogen-bond donors (Lipinski definition) is 1. The highest BCUT2D eigenvalue weighted by atomic mass is 35.5. The van der Waals surface area contributed by atoms with Crippen LogP contribution in [0.2, 0.25) is 5.02 Å². The molecule has 3 rings (SSSR count). The Morgan fingerprint density at radius 1 is 1.19 bits per heavy atom. The average Bonchev–Trinajstić information content (AvgIpc) is 2.97. The summed E-state index contributed by atoms with van der Waals surface area (Å²) in [6.07, 6.45) is 0. The molecule has 0 aliphatic rings. The number of halogens is 3. The number of methoxy groups -OCH3 is 1. The summed E-state index contributed by atoms with van der Waals surface area (Å²) in [7, 11) is -2.96. The number of aryl methyl sites for hydroxylation is 1. The summed E-state index contributed by atoms with van der Waals surface area (Å²) >= 11 is 6.11. The van der Waals surface area contributed by atoms with Gasteiger partial charge in [0.25, 0.3) is 0 Å². The summed E-state index contributed by atoms with van der Waals surface area (Å²) in [5.41, 5.74) is 0.621. The molecule has 0 aliphatic carbocycles. The van der Waals surface area contributed by atoms with Crippen LogP contribution in [0.15, 0.2) is 39.8 Å². The molecule has 2 N–H and O–H groups in total. The number of sulfonamides is 1. The molecule has 0 aliphatic heterocycles. The summed E-state index contributed by atoms with van der Waals surface area (Å²) in [5, 5.41) is 9.08. The second-order valence-corrected chi connectivity index (χ2v) is 7.56. The lowest BCUT2D eigenvalue weighted by Gasteiger charge is -2.09. The first-order chi connectivity index (χ1) is 12.6. The molecular weight excluding hydrogens is 402 g/mol. The standard InChI is InChI=1S/C17H13ClF2N2O4S/c1-8-16(10-6-13(20)15(7-12(10)19)27(21,23)24)17(22-26-8)9-3-4-14(25-2)11(18)5-9/h3-7H,1-2H3,(H2,21,23,24). The third kappa shape index (κ3) is 3.53. The molecule has 1 heterocycles. The average molecular weight is 415 g/mol. The number of ether oxygens (including phenoxy) is 1. The Morgan fingerprint density at radius 3 is 2.48 bits per heavy atom. The van der Waals surface area contributed by atoms with Gasteiger partial charge in [-0.3, -0.25) is 0 Å². The van der Waals surface area contributed by atoms with E-state index >= 15 is 0 Å². The fraction of sp³-hybridized carbons (Fsp3) is 0.118. The van der Waals surface area contributed by atoms with Crippen LogP contribution in [0.4, 0.5) is 8.78 Å². The van der Waals surface area contributed by atoms with Crippen molar-refractivity contribution in [3.05, 3.63) is 52.7 Å². The van der Waals surface area contributed by atoms with Gasteiger partial charge in [0.2, 0.25) is 10.0 Å². The highest BCUT2D eigenvalue weighted by molar-refractivity contribution is 7.89. The molecule has 0 atom stereocenters. The molecule has 142 valence electrons. The lowest BCUT2D eigenvalue weighted by Crippen LogP contribution is -2.14. The quantitative estimate of drug-likeness (QED) is 0.698. The molecular formula is C17H13ClF2N2O4S. The maximum absolute atomic E-state index is 14.6. The summed E-state index contributed by atoms with van der Waals surface area (Å²) in [6.45, 7) is 1.52. The molecule has 0 amide bonds. The number of nitrogens with two attached hydrogens (primary N) is 1. The van der Waals surface area contributed by atoms with Gasteiger partial charge in [0.15, 0.2) is 0 Å². The van der Waals surface area contributed by atoms with Crippen molar-refractivity contribution in [3.8, 4) is 28.1 Å². The van der Waals surface area contributed by atoms with Crippen molar-refractivity contribution in [1.82, 2.24) is 5.16 Å². The number of benzene rings is 2. The highest BCUT2D eigenvalue weighted by Crippen LogP contribution is 2.39. The van der Waals surface area contributed by atoms with E-state index in [1.165, 1.54) is 20.1 Å². The Kier molecular flexibility index (Phi) is 4.94. The maximum Gasteiger partial charge on any atom is 0.241 e. The van der Waals surface area contributed by atoms with Gasteiger partial charge in [-0.25, -0.2) is 22.3 Å². The van der Waals surface area contributed by atoms with Crippen LogP contribution < -0.4 is 9.88 Å². The third-order valence-electron chi connectivity index (χ3n) is 3.89. The SMILES string of the molecule is COc1ccc(-c2noc(C)c2-c2cc(F)c(S(N)(=O)=O)cc2F)cc1Cl. The van der Waals surface area contributed by atoms with E-state index in [2.05, 4.69) is 5.16 Å². The molecule has 0 bridgehead atoms. The van der Waals surface area contributed by atoms with E-state index in [0.717, 1.165) is 6.07 Å². The van der Waals surface area contributed by atoms with Gasteiger partial charge in [-0.2, -0.15) is 0 Å². The summed E-state index contributed by atoms with van der Waals surface area (Å²) < 4.78 is 61.8. The molecule has 2 aromatic carbocycles. The zero-order valence-corrected chi connectivity index (χ0v) is 15.7. The predicted octanol–water partition coefficient (Wildman–Crippen LogP) is 3.90. The van der Waals surface area contributed by atoms with Crippen molar-refractivity contribution in [2.75, 3.05) is 7.11 Å². The van der Waals surface area contributed by atoms with Crippen LogP contribution in [0.3, 0.4) is 0 Å². The summed E-state index contributed by atoms with van der Waals surface area (Å²) in [5.74, 6) is -1.55. The predicted molar refractivity (Wildman–Crippen MR) is 95.0 cm³/mol. The van der Waals surface area contributed by atoms with Gasteiger partial charge >= 0.3 is 0 Å². The molecule has 0 spiro atoms. The second kappa shape index (κ2) is 6.91. The van der Waals surface area contributed by atoms with Crippen LogP contribution in [0.1, 0.15) is 5.76 Å². The molecule has 10 heteroatoms. The fourth-order valence-corrected chi connectivity index (χ4v) is 3.49. The third-order valence-corrected chi connectivity index (χ3v) is 5.11. The minimum atomic E-state index is -4.41. The van der Waals surface area contributed by atoms with Crippen LogP contribution in [0, 0.1) is 18.6 Å². The molecule has 0 unspecified atom stereocenters.